The number of aliphatic hydroxyl groups is 1. The normalized spacial score (nSPS) is 10.6. The first kappa shape index (κ1) is 13.3. The van der Waals surface area contributed by atoms with Crippen molar-refractivity contribution in [2.24, 2.45) is 0 Å². The summed E-state index contributed by atoms with van der Waals surface area (Å²) in [5, 5.41) is 8.99. The molecule has 0 atom stereocenters. The molecular weight excluding hydrogens is 242 g/mol. The van der Waals surface area contributed by atoms with Crippen molar-refractivity contribution >= 4 is 11.6 Å². The van der Waals surface area contributed by atoms with E-state index in [1.807, 2.05) is 29.5 Å². The molecule has 5 heteroatoms. The molecule has 0 aromatic carbocycles. The van der Waals surface area contributed by atoms with E-state index in [0.29, 0.717) is 12.2 Å². The highest BCUT2D eigenvalue weighted by molar-refractivity contribution is 5.93. The Morgan fingerprint density at radius 2 is 2.37 bits per heavy atom. The van der Waals surface area contributed by atoms with E-state index in [-0.39, 0.29) is 19.1 Å². The van der Waals surface area contributed by atoms with Gasteiger partial charge in [0.15, 0.2) is 0 Å². The lowest BCUT2D eigenvalue weighted by Gasteiger charge is -2.18. The predicted molar refractivity (Wildman–Crippen MR) is 73.1 cm³/mol. The molecule has 0 spiro atoms. The first-order valence-corrected chi connectivity index (χ1v) is 6.13. The van der Waals surface area contributed by atoms with E-state index in [1.54, 1.807) is 12.3 Å². The monoisotopic (exact) mass is 259 g/mol. The Labute approximate surface area is 111 Å². The number of amides is 1. The second-order valence-electron chi connectivity index (χ2n) is 4.28. The lowest BCUT2D eigenvalue weighted by Crippen LogP contribution is -2.33. The minimum atomic E-state index is -0.197. The van der Waals surface area contributed by atoms with Crippen LogP contribution in [0.5, 0.6) is 0 Å². The van der Waals surface area contributed by atoms with E-state index in [0.717, 1.165) is 11.3 Å². The molecule has 19 heavy (non-hydrogen) atoms. The Balaban J connectivity index is 2.34. The quantitative estimate of drug-likeness (QED) is 0.822. The number of aromatic nitrogens is 2. The molecule has 1 N–H and O–H groups in total. The molecule has 2 rings (SSSR count). The van der Waals surface area contributed by atoms with E-state index in [4.69, 9.17) is 5.11 Å². The molecule has 0 aliphatic rings. The number of hydrogen-bond donors (Lipinski definition) is 1. The molecule has 0 bridgehead atoms. The van der Waals surface area contributed by atoms with E-state index in [9.17, 15) is 4.79 Å². The van der Waals surface area contributed by atoms with Crippen LogP contribution in [0.4, 0.5) is 0 Å². The van der Waals surface area contributed by atoms with Gasteiger partial charge in [-0.05, 0) is 19.1 Å². The molecule has 0 unspecified atom stereocenters. The molecule has 2 aromatic heterocycles. The van der Waals surface area contributed by atoms with Crippen LogP contribution < -0.4 is 0 Å². The van der Waals surface area contributed by atoms with Gasteiger partial charge in [0.25, 0.3) is 5.91 Å². The molecule has 0 aliphatic carbocycles. The number of carbonyl (C=O) groups excluding carboxylic acids is 1. The fourth-order valence-corrected chi connectivity index (χ4v) is 1.97. The smallest absolute Gasteiger partial charge is 0.274 e. The summed E-state index contributed by atoms with van der Waals surface area (Å²) in [4.78, 5) is 18.1. The van der Waals surface area contributed by atoms with Gasteiger partial charge in [0.2, 0.25) is 0 Å². The second kappa shape index (κ2) is 5.67. The highest BCUT2D eigenvalue weighted by Crippen LogP contribution is 2.10. The first-order valence-electron chi connectivity index (χ1n) is 6.13. The Kier molecular flexibility index (Phi) is 3.97. The van der Waals surface area contributed by atoms with Crippen LogP contribution in [0.15, 0.2) is 37.1 Å². The highest BCUT2D eigenvalue weighted by atomic mass is 16.3. The van der Waals surface area contributed by atoms with E-state index >= 15 is 0 Å². The summed E-state index contributed by atoms with van der Waals surface area (Å²) < 4.78 is 1.87. The molecule has 0 radical (unpaired) electrons. The molecule has 0 saturated carbocycles. The molecule has 0 aliphatic heterocycles. The van der Waals surface area contributed by atoms with Crippen molar-refractivity contribution in [1.82, 2.24) is 14.3 Å². The van der Waals surface area contributed by atoms with Crippen molar-refractivity contribution in [3.8, 4) is 0 Å². The van der Waals surface area contributed by atoms with Crippen molar-refractivity contribution in [1.29, 1.82) is 0 Å². The zero-order chi connectivity index (χ0) is 13.8. The van der Waals surface area contributed by atoms with Gasteiger partial charge >= 0.3 is 0 Å². The number of nitrogens with zero attached hydrogens (tertiary/aromatic N) is 3. The number of fused-ring (bicyclic) bond motifs is 1. The summed E-state index contributed by atoms with van der Waals surface area (Å²) in [5.74, 6) is -0.197. The Morgan fingerprint density at radius 3 is 3.00 bits per heavy atom. The topological polar surface area (TPSA) is 57.8 Å². The van der Waals surface area contributed by atoms with Crippen LogP contribution in [0.2, 0.25) is 0 Å². The third-order valence-electron chi connectivity index (χ3n) is 2.92. The third-order valence-corrected chi connectivity index (χ3v) is 2.92. The van der Waals surface area contributed by atoms with Crippen molar-refractivity contribution in [2.75, 3.05) is 19.7 Å². The van der Waals surface area contributed by atoms with Gasteiger partial charge in [-0.1, -0.05) is 12.1 Å². The van der Waals surface area contributed by atoms with E-state index < -0.39 is 0 Å². The fourth-order valence-electron chi connectivity index (χ4n) is 1.97. The van der Waals surface area contributed by atoms with Crippen LogP contribution >= 0.6 is 0 Å². The maximum Gasteiger partial charge on any atom is 0.274 e. The number of pyridine rings is 1. The van der Waals surface area contributed by atoms with Gasteiger partial charge in [-0.2, -0.15) is 0 Å². The van der Waals surface area contributed by atoms with Gasteiger partial charge in [0, 0.05) is 25.0 Å². The minimum absolute atomic E-state index is 0.0774. The molecule has 100 valence electrons. The van der Waals surface area contributed by atoms with E-state index in [1.165, 1.54) is 4.90 Å². The number of imidazole rings is 1. The Morgan fingerprint density at radius 1 is 1.58 bits per heavy atom. The molecule has 0 fully saturated rings. The van der Waals surface area contributed by atoms with Crippen molar-refractivity contribution < 1.29 is 9.90 Å². The zero-order valence-corrected chi connectivity index (χ0v) is 10.9. The number of rotatable bonds is 5. The molecule has 5 nitrogen and oxygen atoms in total. The maximum absolute atomic E-state index is 12.3. The number of aryl methyl sites for hydroxylation is 1. The average Bonchev–Trinajstić information content (AvgIpc) is 2.83. The summed E-state index contributed by atoms with van der Waals surface area (Å²) in [6.45, 7) is 6.16. The number of carbonyl (C=O) groups is 1. The van der Waals surface area contributed by atoms with Crippen LogP contribution in [0.1, 0.15) is 16.2 Å². The van der Waals surface area contributed by atoms with Gasteiger partial charge in [-0.3, -0.25) is 4.79 Å². The number of aliphatic hydroxyl groups excluding tert-OH is 1. The average molecular weight is 259 g/mol. The largest absolute Gasteiger partial charge is 0.395 e. The fraction of sp³-hybridized carbons (Fsp3) is 0.286. The predicted octanol–water partition coefficient (Wildman–Crippen LogP) is 1.26. The lowest BCUT2D eigenvalue weighted by molar-refractivity contribution is 0.0737. The zero-order valence-electron chi connectivity index (χ0n) is 10.9. The second-order valence-corrected chi connectivity index (χ2v) is 4.28. The highest BCUT2D eigenvalue weighted by Gasteiger charge is 2.17. The minimum Gasteiger partial charge on any atom is -0.395 e. The van der Waals surface area contributed by atoms with Crippen molar-refractivity contribution in [3.05, 3.63) is 48.4 Å². The number of hydrogen-bond acceptors (Lipinski definition) is 3. The van der Waals surface area contributed by atoms with Crippen LogP contribution in [-0.4, -0.2) is 45.0 Å². The van der Waals surface area contributed by atoms with Gasteiger partial charge in [0.1, 0.15) is 11.3 Å². The lowest BCUT2D eigenvalue weighted by atomic mass is 10.3. The van der Waals surface area contributed by atoms with Crippen molar-refractivity contribution in [2.45, 2.75) is 6.92 Å². The van der Waals surface area contributed by atoms with Gasteiger partial charge in [-0.25, -0.2) is 4.98 Å². The molecule has 2 heterocycles. The van der Waals surface area contributed by atoms with Gasteiger partial charge in [-0.15, -0.1) is 6.58 Å². The summed E-state index contributed by atoms with van der Waals surface area (Å²) in [7, 11) is 0. The van der Waals surface area contributed by atoms with Crippen LogP contribution in [-0.2, 0) is 0 Å². The van der Waals surface area contributed by atoms with Crippen molar-refractivity contribution in [3.63, 3.8) is 0 Å². The third kappa shape index (κ3) is 2.66. The molecular formula is C14H17N3O2. The van der Waals surface area contributed by atoms with Crippen LogP contribution in [0, 0.1) is 6.92 Å². The summed E-state index contributed by atoms with van der Waals surface area (Å²) in [6.07, 6.45) is 3.36. The van der Waals surface area contributed by atoms with Gasteiger partial charge in [0.05, 0.1) is 6.61 Å². The van der Waals surface area contributed by atoms with Crippen LogP contribution in [0.25, 0.3) is 5.65 Å². The maximum atomic E-state index is 12.3. The summed E-state index contributed by atoms with van der Waals surface area (Å²) >= 11 is 0. The van der Waals surface area contributed by atoms with E-state index in [2.05, 4.69) is 11.6 Å². The first-order chi connectivity index (χ1) is 9.17. The Bertz CT molecular complexity index is 604. The van der Waals surface area contributed by atoms with Crippen LogP contribution in [0.3, 0.4) is 0 Å². The Hall–Kier alpha value is -2.14. The summed E-state index contributed by atoms with van der Waals surface area (Å²) in [6, 6.07) is 5.72. The molecule has 2 aromatic rings. The molecule has 0 saturated heterocycles. The SMILES string of the molecule is C=CCN(CCO)C(=O)c1cn2c(C)cccc2n1. The van der Waals surface area contributed by atoms with Gasteiger partial charge < -0.3 is 14.4 Å². The standard InChI is InChI=1S/C14H17N3O2/c1-3-7-16(8-9-18)14(19)12-10-17-11(2)5-4-6-13(17)15-12/h3-6,10,18H,1,7-9H2,2H3. The molecule has 1 amide bonds. The summed E-state index contributed by atoms with van der Waals surface area (Å²) in [5.41, 5.74) is 2.14.